The lowest BCUT2D eigenvalue weighted by Crippen LogP contribution is -2.40. The molecule has 3 rings (SSSR count). The molecule has 0 unspecified atom stereocenters. The average Bonchev–Trinajstić information content (AvgIpc) is 3.15. The number of carbonyl (C=O) groups is 1. The highest BCUT2D eigenvalue weighted by atomic mass is 16.5. The molecule has 5 heteroatoms. The summed E-state index contributed by atoms with van der Waals surface area (Å²) in [6, 6.07) is 13.6. The normalized spacial score (nSPS) is 16.7. The Labute approximate surface area is 155 Å². The molecule has 1 aliphatic rings. The van der Waals surface area contributed by atoms with E-state index in [-0.39, 0.29) is 12.1 Å². The predicted octanol–water partition coefficient (Wildman–Crippen LogP) is 4.42. The standard InChI is InChI=1S/C21H27N3O2/c1-16(2)19-10-3-4-11-20(19)23-21(25)24(15-18-9-7-13-26-18)14-17-8-5-6-12-22-17/h3-6,8,10-12,16,18H,7,9,13-15H2,1-2H3,(H,23,25)/t18-/m0/s1. The third kappa shape index (κ3) is 4.82. The van der Waals surface area contributed by atoms with E-state index in [9.17, 15) is 4.79 Å². The number of nitrogens with one attached hydrogen (secondary N) is 1. The highest BCUT2D eigenvalue weighted by Gasteiger charge is 2.23. The first-order valence-electron chi connectivity index (χ1n) is 9.30. The van der Waals surface area contributed by atoms with Crippen LogP contribution in [-0.2, 0) is 11.3 Å². The van der Waals surface area contributed by atoms with E-state index in [0.717, 1.165) is 36.4 Å². The SMILES string of the molecule is CC(C)c1ccccc1NC(=O)N(Cc1ccccn1)C[C@@H]1CCCO1. The number of para-hydroxylation sites is 1. The number of pyridine rings is 1. The van der Waals surface area contributed by atoms with Crippen LogP contribution in [-0.4, -0.2) is 35.2 Å². The Kier molecular flexibility index (Phi) is 6.23. The van der Waals surface area contributed by atoms with Crippen molar-refractivity contribution in [3.8, 4) is 0 Å². The topological polar surface area (TPSA) is 54.5 Å². The van der Waals surface area contributed by atoms with Crippen LogP contribution in [0.4, 0.5) is 10.5 Å². The molecule has 26 heavy (non-hydrogen) atoms. The van der Waals surface area contributed by atoms with Crippen LogP contribution in [0.25, 0.3) is 0 Å². The number of carbonyl (C=O) groups excluding carboxylic acids is 1. The van der Waals surface area contributed by atoms with Gasteiger partial charge in [0.25, 0.3) is 0 Å². The summed E-state index contributed by atoms with van der Waals surface area (Å²) < 4.78 is 5.74. The predicted molar refractivity (Wildman–Crippen MR) is 103 cm³/mol. The number of nitrogens with zero attached hydrogens (tertiary/aromatic N) is 2. The number of rotatable bonds is 6. The summed E-state index contributed by atoms with van der Waals surface area (Å²) in [5.41, 5.74) is 2.87. The van der Waals surface area contributed by atoms with Crippen LogP contribution in [0, 0.1) is 0 Å². The summed E-state index contributed by atoms with van der Waals surface area (Å²) in [4.78, 5) is 19.2. The number of hydrogen-bond acceptors (Lipinski definition) is 3. The van der Waals surface area contributed by atoms with Crippen LogP contribution in [0.5, 0.6) is 0 Å². The second-order valence-corrected chi connectivity index (χ2v) is 7.01. The van der Waals surface area contributed by atoms with Gasteiger partial charge in [-0.3, -0.25) is 4.98 Å². The Hall–Kier alpha value is -2.40. The lowest BCUT2D eigenvalue weighted by molar-refractivity contribution is 0.0816. The first-order valence-corrected chi connectivity index (χ1v) is 9.30. The van der Waals surface area contributed by atoms with Crippen molar-refractivity contribution < 1.29 is 9.53 Å². The molecule has 0 spiro atoms. The van der Waals surface area contributed by atoms with Gasteiger partial charge in [-0.25, -0.2) is 4.79 Å². The van der Waals surface area contributed by atoms with Crippen molar-refractivity contribution in [1.82, 2.24) is 9.88 Å². The first-order chi connectivity index (χ1) is 12.6. The largest absolute Gasteiger partial charge is 0.376 e. The molecular weight excluding hydrogens is 326 g/mol. The van der Waals surface area contributed by atoms with Gasteiger partial charge in [-0.1, -0.05) is 38.1 Å². The summed E-state index contributed by atoms with van der Waals surface area (Å²) in [7, 11) is 0. The van der Waals surface area contributed by atoms with Crippen LogP contribution < -0.4 is 5.32 Å². The van der Waals surface area contributed by atoms with Gasteiger partial charge in [0.2, 0.25) is 0 Å². The number of urea groups is 1. The van der Waals surface area contributed by atoms with E-state index in [1.807, 2.05) is 36.4 Å². The number of amides is 2. The summed E-state index contributed by atoms with van der Waals surface area (Å²) >= 11 is 0. The van der Waals surface area contributed by atoms with Gasteiger partial charge in [0, 0.05) is 25.0 Å². The maximum Gasteiger partial charge on any atom is 0.322 e. The minimum atomic E-state index is -0.112. The van der Waals surface area contributed by atoms with E-state index < -0.39 is 0 Å². The molecule has 1 aromatic carbocycles. The van der Waals surface area contributed by atoms with Crippen molar-refractivity contribution in [2.45, 2.75) is 45.3 Å². The molecule has 0 saturated carbocycles. The summed E-state index contributed by atoms with van der Waals surface area (Å²) in [5.74, 6) is 0.342. The molecule has 2 amide bonds. The molecule has 2 aromatic rings. The van der Waals surface area contributed by atoms with E-state index in [4.69, 9.17) is 4.74 Å². The number of ether oxygens (including phenoxy) is 1. The lowest BCUT2D eigenvalue weighted by atomic mass is 10.0. The van der Waals surface area contributed by atoms with Gasteiger partial charge in [-0.15, -0.1) is 0 Å². The highest BCUT2D eigenvalue weighted by molar-refractivity contribution is 5.90. The molecule has 1 aromatic heterocycles. The molecule has 138 valence electrons. The zero-order valence-electron chi connectivity index (χ0n) is 15.5. The molecule has 1 N–H and O–H groups in total. The zero-order valence-corrected chi connectivity index (χ0v) is 15.5. The molecule has 1 aliphatic heterocycles. The second kappa shape index (κ2) is 8.81. The minimum absolute atomic E-state index is 0.102. The summed E-state index contributed by atoms with van der Waals surface area (Å²) in [6.45, 7) is 6.08. The Morgan fingerprint density at radius 2 is 2.08 bits per heavy atom. The molecule has 1 atom stereocenters. The molecule has 0 radical (unpaired) electrons. The van der Waals surface area contributed by atoms with Crippen LogP contribution >= 0.6 is 0 Å². The van der Waals surface area contributed by atoms with Crippen molar-refractivity contribution in [3.63, 3.8) is 0 Å². The molecule has 5 nitrogen and oxygen atoms in total. The van der Waals surface area contributed by atoms with Gasteiger partial charge in [0.05, 0.1) is 18.3 Å². The summed E-state index contributed by atoms with van der Waals surface area (Å²) in [6.07, 6.45) is 3.91. The Morgan fingerprint density at radius 3 is 2.77 bits per heavy atom. The number of hydrogen-bond donors (Lipinski definition) is 1. The third-order valence-electron chi connectivity index (χ3n) is 4.64. The molecule has 0 bridgehead atoms. The Bertz CT molecular complexity index is 712. The summed E-state index contributed by atoms with van der Waals surface area (Å²) in [5, 5.41) is 3.09. The zero-order chi connectivity index (χ0) is 18.4. The molecule has 2 heterocycles. The first kappa shape index (κ1) is 18.4. The number of aromatic nitrogens is 1. The lowest BCUT2D eigenvalue weighted by Gasteiger charge is -2.26. The second-order valence-electron chi connectivity index (χ2n) is 7.01. The van der Waals surface area contributed by atoms with Crippen molar-refractivity contribution in [1.29, 1.82) is 0 Å². The fraction of sp³-hybridized carbons (Fsp3) is 0.429. The Morgan fingerprint density at radius 1 is 1.27 bits per heavy atom. The van der Waals surface area contributed by atoms with Gasteiger partial charge in [-0.2, -0.15) is 0 Å². The molecule has 1 saturated heterocycles. The van der Waals surface area contributed by atoms with E-state index >= 15 is 0 Å². The van der Waals surface area contributed by atoms with Crippen molar-refractivity contribution >= 4 is 11.7 Å². The Balaban J connectivity index is 1.75. The molecule has 0 aliphatic carbocycles. The van der Waals surface area contributed by atoms with Crippen LogP contribution in [0.15, 0.2) is 48.7 Å². The van der Waals surface area contributed by atoms with Crippen LogP contribution in [0.3, 0.4) is 0 Å². The van der Waals surface area contributed by atoms with E-state index in [1.165, 1.54) is 0 Å². The van der Waals surface area contributed by atoms with E-state index in [1.54, 1.807) is 11.1 Å². The van der Waals surface area contributed by atoms with Gasteiger partial charge in [-0.05, 0) is 42.5 Å². The molecular formula is C21H27N3O2. The van der Waals surface area contributed by atoms with Gasteiger partial charge >= 0.3 is 6.03 Å². The molecule has 1 fully saturated rings. The van der Waals surface area contributed by atoms with Crippen LogP contribution in [0.2, 0.25) is 0 Å². The monoisotopic (exact) mass is 353 g/mol. The quantitative estimate of drug-likeness (QED) is 0.836. The van der Waals surface area contributed by atoms with Crippen molar-refractivity contribution in [2.75, 3.05) is 18.5 Å². The van der Waals surface area contributed by atoms with Crippen molar-refractivity contribution in [3.05, 3.63) is 59.9 Å². The van der Waals surface area contributed by atoms with Crippen molar-refractivity contribution in [2.24, 2.45) is 0 Å². The maximum absolute atomic E-state index is 13.0. The fourth-order valence-electron chi connectivity index (χ4n) is 3.25. The fourth-order valence-corrected chi connectivity index (χ4v) is 3.25. The smallest absolute Gasteiger partial charge is 0.322 e. The highest BCUT2D eigenvalue weighted by Crippen LogP contribution is 2.24. The van der Waals surface area contributed by atoms with E-state index in [2.05, 4.69) is 30.2 Å². The van der Waals surface area contributed by atoms with Gasteiger partial charge < -0.3 is 15.0 Å². The van der Waals surface area contributed by atoms with Gasteiger partial charge in [0.1, 0.15) is 0 Å². The average molecular weight is 353 g/mol. The number of anilines is 1. The van der Waals surface area contributed by atoms with Gasteiger partial charge in [0.15, 0.2) is 0 Å². The maximum atomic E-state index is 13.0. The number of benzene rings is 1. The third-order valence-corrected chi connectivity index (χ3v) is 4.64. The van der Waals surface area contributed by atoms with Crippen LogP contribution in [0.1, 0.15) is 43.9 Å². The van der Waals surface area contributed by atoms with E-state index in [0.29, 0.717) is 19.0 Å². The minimum Gasteiger partial charge on any atom is -0.376 e.